The molecule has 0 saturated carbocycles. The SMILES string of the molecule is CCCCN(C)CCNC(=O)c1cc(Nc2ccc(OC)cc2OC)nc2ccccc12. The van der Waals surface area contributed by atoms with Gasteiger partial charge < -0.3 is 25.0 Å². The zero-order valence-corrected chi connectivity index (χ0v) is 19.3. The summed E-state index contributed by atoms with van der Waals surface area (Å²) in [5, 5.41) is 7.15. The summed E-state index contributed by atoms with van der Waals surface area (Å²) in [5.74, 6) is 1.78. The molecular weight excluding hydrogens is 404 g/mol. The van der Waals surface area contributed by atoms with Gasteiger partial charge in [-0.25, -0.2) is 4.98 Å². The van der Waals surface area contributed by atoms with Gasteiger partial charge in [-0.3, -0.25) is 4.79 Å². The number of hydrogen-bond acceptors (Lipinski definition) is 6. The van der Waals surface area contributed by atoms with E-state index >= 15 is 0 Å². The fraction of sp³-hybridized carbons (Fsp3) is 0.360. The monoisotopic (exact) mass is 436 g/mol. The van der Waals surface area contributed by atoms with Gasteiger partial charge in [-0.05, 0) is 44.3 Å². The minimum absolute atomic E-state index is 0.114. The molecule has 2 aromatic carbocycles. The number of methoxy groups -OCH3 is 2. The van der Waals surface area contributed by atoms with Crippen molar-refractivity contribution in [2.75, 3.05) is 46.2 Å². The molecule has 0 bridgehead atoms. The van der Waals surface area contributed by atoms with Crippen LogP contribution in [0.25, 0.3) is 10.9 Å². The van der Waals surface area contributed by atoms with Gasteiger partial charge in [-0.15, -0.1) is 0 Å². The van der Waals surface area contributed by atoms with E-state index in [0.29, 0.717) is 29.4 Å². The van der Waals surface area contributed by atoms with E-state index in [1.165, 1.54) is 0 Å². The molecule has 1 aromatic heterocycles. The number of unbranched alkanes of at least 4 members (excludes halogenated alkanes) is 1. The van der Waals surface area contributed by atoms with Crippen molar-refractivity contribution in [1.29, 1.82) is 0 Å². The third-order valence-electron chi connectivity index (χ3n) is 5.30. The van der Waals surface area contributed by atoms with Crippen molar-refractivity contribution in [3.05, 3.63) is 54.1 Å². The van der Waals surface area contributed by atoms with Crippen molar-refractivity contribution >= 4 is 28.3 Å². The number of hydrogen-bond donors (Lipinski definition) is 2. The molecule has 7 heteroatoms. The minimum atomic E-state index is -0.114. The molecule has 1 heterocycles. The average Bonchev–Trinajstić information content (AvgIpc) is 2.82. The molecule has 0 saturated heterocycles. The third kappa shape index (κ3) is 5.88. The minimum Gasteiger partial charge on any atom is -0.497 e. The van der Waals surface area contributed by atoms with Crippen LogP contribution in [0, 0.1) is 0 Å². The van der Waals surface area contributed by atoms with Crippen LogP contribution < -0.4 is 20.1 Å². The number of benzene rings is 2. The second-order valence-corrected chi connectivity index (χ2v) is 7.68. The molecule has 0 spiro atoms. The fourth-order valence-electron chi connectivity index (χ4n) is 3.46. The predicted molar refractivity (Wildman–Crippen MR) is 129 cm³/mol. The number of aromatic nitrogens is 1. The van der Waals surface area contributed by atoms with Crippen LogP contribution in [0.3, 0.4) is 0 Å². The molecule has 3 aromatic rings. The van der Waals surface area contributed by atoms with E-state index in [-0.39, 0.29) is 5.91 Å². The highest BCUT2D eigenvalue weighted by molar-refractivity contribution is 6.07. The van der Waals surface area contributed by atoms with Crippen molar-refractivity contribution < 1.29 is 14.3 Å². The number of carbonyl (C=O) groups is 1. The highest BCUT2D eigenvalue weighted by Crippen LogP contribution is 2.32. The Labute approximate surface area is 189 Å². The maximum absolute atomic E-state index is 13.0. The largest absolute Gasteiger partial charge is 0.497 e. The van der Waals surface area contributed by atoms with Gasteiger partial charge >= 0.3 is 0 Å². The van der Waals surface area contributed by atoms with E-state index in [9.17, 15) is 4.79 Å². The highest BCUT2D eigenvalue weighted by atomic mass is 16.5. The zero-order chi connectivity index (χ0) is 22.9. The highest BCUT2D eigenvalue weighted by Gasteiger charge is 2.14. The molecule has 0 atom stereocenters. The van der Waals surface area contributed by atoms with Crippen molar-refractivity contribution in [3.63, 3.8) is 0 Å². The number of nitrogens with one attached hydrogen (secondary N) is 2. The van der Waals surface area contributed by atoms with Gasteiger partial charge in [0.1, 0.15) is 17.3 Å². The van der Waals surface area contributed by atoms with Crippen LogP contribution in [0.2, 0.25) is 0 Å². The van der Waals surface area contributed by atoms with Gasteiger partial charge in [0.05, 0.1) is 31.0 Å². The molecule has 1 amide bonds. The number of fused-ring (bicyclic) bond motifs is 1. The predicted octanol–water partition coefficient (Wildman–Crippen LogP) is 4.46. The lowest BCUT2D eigenvalue weighted by Gasteiger charge is -2.17. The van der Waals surface area contributed by atoms with E-state index in [2.05, 4.69) is 34.5 Å². The van der Waals surface area contributed by atoms with Crippen LogP contribution in [0.4, 0.5) is 11.5 Å². The summed E-state index contributed by atoms with van der Waals surface area (Å²) < 4.78 is 10.7. The summed E-state index contributed by atoms with van der Waals surface area (Å²) in [7, 11) is 5.29. The van der Waals surface area contributed by atoms with E-state index in [1.807, 2.05) is 36.4 Å². The van der Waals surface area contributed by atoms with Gasteiger partial charge in [0.2, 0.25) is 0 Å². The Kier molecular flexibility index (Phi) is 8.27. The second kappa shape index (κ2) is 11.3. The van der Waals surface area contributed by atoms with Crippen molar-refractivity contribution in [1.82, 2.24) is 15.2 Å². The first-order valence-electron chi connectivity index (χ1n) is 10.9. The first kappa shape index (κ1) is 23.3. The summed E-state index contributed by atoms with van der Waals surface area (Å²) in [6.07, 6.45) is 2.32. The first-order valence-corrected chi connectivity index (χ1v) is 10.9. The second-order valence-electron chi connectivity index (χ2n) is 7.68. The van der Waals surface area contributed by atoms with E-state index in [4.69, 9.17) is 9.47 Å². The summed E-state index contributed by atoms with van der Waals surface area (Å²) in [4.78, 5) is 20.0. The van der Waals surface area contributed by atoms with E-state index in [0.717, 1.165) is 42.5 Å². The summed E-state index contributed by atoms with van der Waals surface area (Å²) >= 11 is 0. The lowest BCUT2D eigenvalue weighted by Crippen LogP contribution is -2.33. The lowest BCUT2D eigenvalue weighted by atomic mass is 10.1. The number of nitrogens with zero attached hydrogens (tertiary/aromatic N) is 2. The molecule has 0 radical (unpaired) electrons. The number of carbonyl (C=O) groups excluding carboxylic acids is 1. The zero-order valence-electron chi connectivity index (χ0n) is 19.3. The number of pyridine rings is 1. The van der Waals surface area contributed by atoms with E-state index in [1.54, 1.807) is 26.4 Å². The van der Waals surface area contributed by atoms with Gasteiger partial charge in [-0.2, -0.15) is 0 Å². The molecule has 32 heavy (non-hydrogen) atoms. The third-order valence-corrected chi connectivity index (χ3v) is 5.30. The molecule has 170 valence electrons. The maximum atomic E-state index is 13.0. The van der Waals surface area contributed by atoms with Crippen LogP contribution in [0.5, 0.6) is 11.5 Å². The quantitative estimate of drug-likeness (QED) is 0.462. The topological polar surface area (TPSA) is 75.7 Å². The Hall–Kier alpha value is -3.32. The lowest BCUT2D eigenvalue weighted by molar-refractivity contribution is 0.0951. The van der Waals surface area contributed by atoms with E-state index < -0.39 is 0 Å². The number of amides is 1. The Morgan fingerprint density at radius 3 is 2.62 bits per heavy atom. The standard InChI is InChI=1S/C25H32N4O3/c1-5-6-14-29(2)15-13-26-25(30)20-17-24(27-21-10-8-7-9-19(20)21)28-22-12-11-18(31-3)16-23(22)32-4/h7-12,16-17H,5-6,13-15H2,1-4H3,(H,26,30)(H,27,28). The van der Waals surface area contributed by atoms with Gasteiger partial charge in [0.15, 0.2) is 0 Å². The molecule has 0 aliphatic heterocycles. The Balaban J connectivity index is 1.82. The molecule has 2 N–H and O–H groups in total. The van der Waals surface area contributed by atoms with Gasteiger partial charge in [0.25, 0.3) is 5.91 Å². The van der Waals surface area contributed by atoms with Gasteiger partial charge in [0, 0.05) is 24.5 Å². The van der Waals surface area contributed by atoms with Crippen LogP contribution in [0.15, 0.2) is 48.5 Å². The maximum Gasteiger partial charge on any atom is 0.252 e. The molecule has 0 fully saturated rings. The molecule has 0 aliphatic rings. The fourth-order valence-corrected chi connectivity index (χ4v) is 3.46. The normalized spacial score (nSPS) is 10.9. The van der Waals surface area contributed by atoms with Crippen molar-refractivity contribution in [3.8, 4) is 11.5 Å². The average molecular weight is 437 g/mol. The molecular formula is C25H32N4O3. The molecule has 0 unspecified atom stereocenters. The Morgan fingerprint density at radius 2 is 1.88 bits per heavy atom. The summed E-state index contributed by atoms with van der Waals surface area (Å²) in [6.45, 7) is 4.60. The summed E-state index contributed by atoms with van der Waals surface area (Å²) in [6, 6.07) is 14.9. The number of para-hydroxylation sites is 1. The Morgan fingerprint density at radius 1 is 1.06 bits per heavy atom. The summed E-state index contributed by atoms with van der Waals surface area (Å²) in [5.41, 5.74) is 2.07. The Bertz CT molecular complexity index is 1050. The number of ether oxygens (including phenoxy) is 2. The van der Waals surface area contributed by atoms with Crippen molar-refractivity contribution in [2.45, 2.75) is 19.8 Å². The van der Waals surface area contributed by atoms with Crippen LogP contribution in [-0.4, -0.2) is 56.7 Å². The van der Waals surface area contributed by atoms with Crippen LogP contribution in [-0.2, 0) is 0 Å². The van der Waals surface area contributed by atoms with Crippen molar-refractivity contribution in [2.24, 2.45) is 0 Å². The molecule has 3 rings (SSSR count). The number of likely N-dealkylation sites (N-methyl/N-ethyl adjacent to an activating group) is 1. The van der Waals surface area contributed by atoms with Gasteiger partial charge in [-0.1, -0.05) is 31.5 Å². The smallest absolute Gasteiger partial charge is 0.252 e. The van der Waals surface area contributed by atoms with Crippen LogP contribution in [0.1, 0.15) is 30.1 Å². The van der Waals surface area contributed by atoms with Crippen LogP contribution >= 0.6 is 0 Å². The first-order chi connectivity index (χ1) is 15.5. The number of rotatable bonds is 11. The number of anilines is 2. The molecule has 0 aliphatic carbocycles. The molecule has 7 nitrogen and oxygen atoms in total.